The molecule has 1 saturated carbocycles. The Balaban J connectivity index is 1.54. The molecule has 1 aliphatic rings. The highest BCUT2D eigenvalue weighted by atomic mass is 16.5. The maximum Gasteiger partial charge on any atom is 0.225 e. The molecule has 28 heavy (non-hydrogen) atoms. The van der Waals surface area contributed by atoms with Gasteiger partial charge in [-0.25, -0.2) is 4.98 Å². The molecule has 0 radical (unpaired) electrons. The minimum atomic E-state index is 0.0581. The lowest BCUT2D eigenvalue weighted by Gasteiger charge is -2.16. The summed E-state index contributed by atoms with van der Waals surface area (Å²) in [4.78, 5) is 22.8. The van der Waals surface area contributed by atoms with E-state index in [4.69, 9.17) is 4.74 Å². The number of rotatable bonds is 5. The molecule has 1 aromatic carbocycles. The Morgan fingerprint density at radius 1 is 1.25 bits per heavy atom. The maximum absolute atomic E-state index is 12.2. The minimum absolute atomic E-state index is 0.0581. The molecule has 2 heterocycles. The molecular formula is C19H23N7O2. The number of carbonyl (C=O) groups excluding carboxylic acids is 1. The fraction of sp³-hybridized carbons (Fsp3) is 0.421. The Morgan fingerprint density at radius 3 is 2.75 bits per heavy atom. The quantitative estimate of drug-likeness (QED) is 0.720. The van der Waals surface area contributed by atoms with Crippen molar-refractivity contribution in [2.24, 2.45) is 5.92 Å². The summed E-state index contributed by atoms with van der Waals surface area (Å²) >= 11 is 0. The first-order valence-electron chi connectivity index (χ1n) is 9.25. The molecule has 1 fully saturated rings. The average molecular weight is 381 g/mol. The van der Waals surface area contributed by atoms with Gasteiger partial charge >= 0.3 is 0 Å². The predicted molar refractivity (Wildman–Crippen MR) is 104 cm³/mol. The Labute approximate surface area is 162 Å². The van der Waals surface area contributed by atoms with Crippen molar-refractivity contribution in [3.05, 3.63) is 30.5 Å². The highest BCUT2D eigenvalue weighted by molar-refractivity contribution is 5.78. The van der Waals surface area contributed by atoms with Crippen LogP contribution in [0.15, 0.2) is 30.5 Å². The van der Waals surface area contributed by atoms with Crippen molar-refractivity contribution in [1.29, 1.82) is 0 Å². The molecule has 1 N–H and O–H groups in total. The first kappa shape index (κ1) is 18.1. The first-order valence-corrected chi connectivity index (χ1v) is 9.25. The molecular weight excluding hydrogens is 358 g/mol. The molecule has 9 heteroatoms. The molecule has 0 saturated heterocycles. The number of anilines is 1. The minimum Gasteiger partial charge on any atom is -0.497 e. The highest BCUT2D eigenvalue weighted by Crippen LogP contribution is 2.29. The predicted octanol–water partition coefficient (Wildman–Crippen LogP) is 1.89. The van der Waals surface area contributed by atoms with Gasteiger partial charge < -0.3 is 15.0 Å². The third-order valence-corrected chi connectivity index (χ3v) is 5.07. The standard InChI is InChI=1S/C19H23N7O2/c1-25(2)18(27)12-4-5-13(10-12)21-19-20-11-16-17(22-19)26(24-23-16)14-6-8-15(28-3)9-7-14/h6-9,11-13H,4-5,10H2,1-3H3,(H,20,21,22)/t12-,13-/m1/s1. The summed E-state index contributed by atoms with van der Waals surface area (Å²) in [6.07, 6.45) is 4.24. The summed E-state index contributed by atoms with van der Waals surface area (Å²) in [7, 11) is 5.23. The number of aromatic nitrogens is 5. The van der Waals surface area contributed by atoms with E-state index >= 15 is 0 Å². The normalized spacial score (nSPS) is 19.0. The van der Waals surface area contributed by atoms with E-state index in [0.29, 0.717) is 17.1 Å². The molecule has 0 unspecified atom stereocenters. The van der Waals surface area contributed by atoms with Crippen LogP contribution in [0.5, 0.6) is 5.75 Å². The van der Waals surface area contributed by atoms with Gasteiger partial charge in [0.2, 0.25) is 11.9 Å². The van der Waals surface area contributed by atoms with E-state index in [1.165, 1.54) is 0 Å². The van der Waals surface area contributed by atoms with E-state index in [9.17, 15) is 4.79 Å². The molecule has 2 aromatic heterocycles. The molecule has 0 aliphatic heterocycles. The molecule has 2 atom stereocenters. The Bertz CT molecular complexity index is 984. The number of nitrogens with zero attached hydrogens (tertiary/aromatic N) is 6. The summed E-state index contributed by atoms with van der Waals surface area (Å²) in [6, 6.07) is 7.71. The number of hydrogen-bond donors (Lipinski definition) is 1. The second-order valence-corrected chi connectivity index (χ2v) is 7.19. The van der Waals surface area contributed by atoms with Gasteiger partial charge in [0, 0.05) is 26.1 Å². The summed E-state index contributed by atoms with van der Waals surface area (Å²) in [5, 5.41) is 11.7. The van der Waals surface area contributed by atoms with Crippen LogP contribution in [0.3, 0.4) is 0 Å². The van der Waals surface area contributed by atoms with E-state index in [-0.39, 0.29) is 17.9 Å². The molecule has 4 rings (SSSR count). The van der Waals surface area contributed by atoms with Gasteiger partial charge in [-0.3, -0.25) is 4.79 Å². The van der Waals surface area contributed by atoms with Crippen molar-refractivity contribution in [3.8, 4) is 11.4 Å². The topological polar surface area (TPSA) is 98.1 Å². The van der Waals surface area contributed by atoms with Crippen molar-refractivity contribution in [2.45, 2.75) is 25.3 Å². The smallest absolute Gasteiger partial charge is 0.225 e. The van der Waals surface area contributed by atoms with Gasteiger partial charge in [-0.05, 0) is 43.5 Å². The summed E-state index contributed by atoms with van der Waals surface area (Å²) in [6.45, 7) is 0. The van der Waals surface area contributed by atoms with Crippen LogP contribution in [-0.2, 0) is 4.79 Å². The first-order chi connectivity index (χ1) is 13.5. The molecule has 3 aromatic rings. The average Bonchev–Trinajstić information content (AvgIpc) is 3.34. The van der Waals surface area contributed by atoms with Crippen LogP contribution in [0.25, 0.3) is 16.9 Å². The lowest BCUT2D eigenvalue weighted by Crippen LogP contribution is -2.29. The fourth-order valence-corrected chi connectivity index (χ4v) is 3.58. The van der Waals surface area contributed by atoms with Crippen LogP contribution in [0, 0.1) is 5.92 Å². The molecule has 146 valence electrons. The zero-order valence-electron chi connectivity index (χ0n) is 16.2. The van der Waals surface area contributed by atoms with Gasteiger partial charge in [0.1, 0.15) is 5.75 Å². The number of amides is 1. The Hall–Kier alpha value is -3.23. The van der Waals surface area contributed by atoms with E-state index in [1.807, 2.05) is 24.3 Å². The van der Waals surface area contributed by atoms with E-state index in [0.717, 1.165) is 30.7 Å². The van der Waals surface area contributed by atoms with Crippen molar-refractivity contribution >= 4 is 23.0 Å². The van der Waals surface area contributed by atoms with Crippen LogP contribution in [0.2, 0.25) is 0 Å². The largest absolute Gasteiger partial charge is 0.497 e. The maximum atomic E-state index is 12.2. The van der Waals surface area contributed by atoms with Crippen LogP contribution in [-0.4, -0.2) is 63.0 Å². The van der Waals surface area contributed by atoms with Gasteiger partial charge in [0.05, 0.1) is 19.0 Å². The number of carbonyl (C=O) groups is 1. The molecule has 0 spiro atoms. The molecule has 1 aliphatic carbocycles. The number of ether oxygens (including phenoxy) is 1. The van der Waals surface area contributed by atoms with E-state index in [2.05, 4.69) is 25.6 Å². The van der Waals surface area contributed by atoms with E-state index in [1.54, 1.807) is 37.0 Å². The Kier molecular flexibility index (Phi) is 4.81. The summed E-state index contributed by atoms with van der Waals surface area (Å²) in [5.74, 6) is 1.53. The van der Waals surface area contributed by atoms with Gasteiger partial charge in [-0.1, -0.05) is 5.21 Å². The summed E-state index contributed by atoms with van der Waals surface area (Å²) < 4.78 is 6.87. The van der Waals surface area contributed by atoms with Crippen LogP contribution < -0.4 is 10.1 Å². The van der Waals surface area contributed by atoms with Crippen LogP contribution in [0.4, 0.5) is 5.95 Å². The number of benzene rings is 1. The third-order valence-electron chi connectivity index (χ3n) is 5.07. The Morgan fingerprint density at radius 2 is 2.04 bits per heavy atom. The zero-order valence-corrected chi connectivity index (χ0v) is 16.2. The van der Waals surface area contributed by atoms with Crippen molar-refractivity contribution in [1.82, 2.24) is 29.9 Å². The second-order valence-electron chi connectivity index (χ2n) is 7.19. The van der Waals surface area contributed by atoms with E-state index < -0.39 is 0 Å². The number of nitrogens with one attached hydrogen (secondary N) is 1. The van der Waals surface area contributed by atoms with Gasteiger partial charge in [0.15, 0.2) is 11.2 Å². The van der Waals surface area contributed by atoms with Crippen molar-refractivity contribution in [3.63, 3.8) is 0 Å². The lowest BCUT2D eigenvalue weighted by atomic mass is 10.1. The van der Waals surface area contributed by atoms with Crippen molar-refractivity contribution in [2.75, 3.05) is 26.5 Å². The monoisotopic (exact) mass is 381 g/mol. The second kappa shape index (κ2) is 7.41. The number of methoxy groups -OCH3 is 1. The SMILES string of the molecule is COc1ccc(-n2nnc3cnc(N[C@@H]4CC[C@@H](C(=O)N(C)C)C4)nc32)cc1. The number of fused-ring (bicyclic) bond motifs is 1. The van der Waals surface area contributed by atoms with Crippen LogP contribution in [0.1, 0.15) is 19.3 Å². The molecule has 1 amide bonds. The number of hydrogen-bond acceptors (Lipinski definition) is 7. The lowest BCUT2D eigenvalue weighted by molar-refractivity contribution is -0.132. The fourth-order valence-electron chi connectivity index (χ4n) is 3.58. The third kappa shape index (κ3) is 3.47. The van der Waals surface area contributed by atoms with Gasteiger partial charge in [0.25, 0.3) is 0 Å². The zero-order chi connectivity index (χ0) is 19.7. The molecule has 0 bridgehead atoms. The summed E-state index contributed by atoms with van der Waals surface area (Å²) in [5.41, 5.74) is 2.08. The van der Waals surface area contributed by atoms with Crippen LogP contribution >= 0.6 is 0 Å². The van der Waals surface area contributed by atoms with Gasteiger partial charge in [-0.2, -0.15) is 9.67 Å². The molecule has 9 nitrogen and oxygen atoms in total. The van der Waals surface area contributed by atoms with Crippen molar-refractivity contribution < 1.29 is 9.53 Å². The van der Waals surface area contributed by atoms with Gasteiger partial charge in [-0.15, -0.1) is 5.10 Å². The highest BCUT2D eigenvalue weighted by Gasteiger charge is 2.31.